The van der Waals surface area contributed by atoms with Gasteiger partial charge in [-0.2, -0.15) is 9.40 Å². The van der Waals surface area contributed by atoms with Crippen molar-refractivity contribution < 1.29 is 17.5 Å². The first-order valence-corrected chi connectivity index (χ1v) is 10.4. The number of sulfonamides is 1. The van der Waals surface area contributed by atoms with E-state index in [1.165, 1.54) is 23.5 Å². The molecule has 0 unspecified atom stereocenters. The van der Waals surface area contributed by atoms with E-state index in [2.05, 4.69) is 15.3 Å². The van der Waals surface area contributed by atoms with Crippen LogP contribution in [0.15, 0.2) is 53.7 Å². The quantitative estimate of drug-likeness (QED) is 0.617. The normalized spacial score (nSPS) is 15.4. The Kier molecular flexibility index (Phi) is 5.16. The number of hydrogen-bond donors (Lipinski definition) is 0. The lowest BCUT2D eigenvalue weighted by atomic mass is 10.3. The number of hydrogen-bond acceptors (Lipinski definition) is 7. The van der Waals surface area contributed by atoms with Crippen LogP contribution in [0, 0.1) is 5.82 Å². The van der Waals surface area contributed by atoms with Crippen molar-refractivity contribution in [2.24, 2.45) is 0 Å². The van der Waals surface area contributed by atoms with Gasteiger partial charge in [-0.3, -0.25) is 0 Å². The van der Waals surface area contributed by atoms with Crippen molar-refractivity contribution in [3.05, 3.63) is 54.6 Å². The summed E-state index contributed by atoms with van der Waals surface area (Å²) >= 11 is 0. The Hall–Kier alpha value is -3.05. The molecule has 1 fully saturated rings. The van der Waals surface area contributed by atoms with E-state index in [0.717, 1.165) is 6.07 Å². The molecule has 0 amide bonds. The molecule has 3 heterocycles. The lowest BCUT2D eigenvalue weighted by Gasteiger charge is -2.34. The fourth-order valence-electron chi connectivity index (χ4n) is 3.13. The standard InChI is InChI=1S/C18H19FN6O3S/c1-28-16-4-3-14(13-15(16)19)29(26,27)24-11-9-23(10-12-24)17-5-6-18(22-21-17)25-8-2-7-20-25/h2-8,13H,9-12H2,1H3. The van der Waals surface area contributed by atoms with Gasteiger partial charge in [0, 0.05) is 38.6 Å². The summed E-state index contributed by atoms with van der Waals surface area (Å²) in [4.78, 5) is 1.87. The largest absolute Gasteiger partial charge is 0.494 e. The van der Waals surface area contributed by atoms with Crippen molar-refractivity contribution in [1.82, 2.24) is 24.3 Å². The zero-order valence-corrected chi connectivity index (χ0v) is 16.5. The fourth-order valence-corrected chi connectivity index (χ4v) is 4.56. The van der Waals surface area contributed by atoms with Crippen molar-refractivity contribution in [2.75, 3.05) is 38.2 Å². The van der Waals surface area contributed by atoms with Gasteiger partial charge in [0.1, 0.15) is 0 Å². The van der Waals surface area contributed by atoms with Crippen LogP contribution in [0.3, 0.4) is 0 Å². The molecule has 1 aliphatic heterocycles. The summed E-state index contributed by atoms with van der Waals surface area (Å²) < 4.78 is 47.4. The number of rotatable bonds is 5. The number of ether oxygens (including phenoxy) is 1. The van der Waals surface area contributed by atoms with Gasteiger partial charge in [0.2, 0.25) is 10.0 Å². The number of nitrogens with zero attached hydrogens (tertiary/aromatic N) is 6. The maximum Gasteiger partial charge on any atom is 0.243 e. The predicted octanol–water partition coefficient (Wildman–Crippen LogP) is 1.32. The van der Waals surface area contributed by atoms with Crippen LogP contribution < -0.4 is 9.64 Å². The molecular weight excluding hydrogens is 399 g/mol. The van der Waals surface area contributed by atoms with Gasteiger partial charge < -0.3 is 9.64 Å². The SMILES string of the molecule is COc1ccc(S(=O)(=O)N2CCN(c3ccc(-n4cccn4)nn3)CC2)cc1F. The molecule has 29 heavy (non-hydrogen) atoms. The van der Waals surface area contributed by atoms with Gasteiger partial charge in [-0.1, -0.05) is 0 Å². The van der Waals surface area contributed by atoms with Crippen LogP contribution in [-0.4, -0.2) is 66.0 Å². The summed E-state index contributed by atoms with van der Waals surface area (Å²) in [6.07, 6.45) is 3.43. The van der Waals surface area contributed by atoms with Crippen LogP contribution in [0.25, 0.3) is 5.82 Å². The molecule has 152 valence electrons. The maximum atomic E-state index is 13.9. The molecule has 3 aromatic rings. The van der Waals surface area contributed by atoms with E-state index in [1.807, 2.05) is 11.0 Å². The Bertz CT molecular complexity index is 1080. The van der Waals surface area contributed by atoms with Gasteiger partial charge in [0.15, 0.2) is 23.2 Å². The maximum absolute atomic E-state index is 13.9. The summed E-state index contributed by atoms with van der Waals surface area (Å²) in [6, 6.07) is 9.08. The Balaban J connectivity index is 1.44. The minimum atomic E-state index is -3.79. The van der Waals surface area contributed by atoms with E-state index in [4.69, 9.17) is 4.74 Å². The number of methoxy groups -OCH3 is 1. The summed E-state index contributed by atoms with van der Waals surface area (Å²) in [5.41, 5.74) is 0. The average molecular weight is 418 g/mol. The molecule has 1 saturated heterocycles. The Morgan fingerprint density at radius 2 is 1.76 bits per heavy atom. The summed E-state index contributed by atoms with van der Waals surface area (Å²) in [6.45, 7) is 1.43. The van der Waals surface area contributed by atoms with E-state index in [1.54, 1.807) is 29.2 Å². The molecule has 0 radical (unpaired) electrons. The molecule has 11 heteroatoms. The first kappa shape index (κ1) is 19.3. The zero-order chi connectivity index (χ0) is 20.4. The second-order valence-corrected chi connectivity index (χ2v) is 8.33. The van der Waals surface area contributed by atoms with Gasteiger partial charge in [-0.25, -0.2) is 17.5 Å². The monoisotopic (exact) mass is 418 g/mol. The average Bonchev–Trinajstić information content (AvgIpc) is 3.29. The van der Waals surface area contributed by atoms with Gasteiger partial charge in [0.25, 0.3) is 0 Å². The van der Waals surface area contributed by atoms with Crippen LogP contribution >= 0.6 is 0 Å². The second-order valence-electron chi connectivity index (χ2n) is 6.39. The minimum absolute atomic E-state index is 0.00547. The first-order chi connectivity index (χ1) is 14.0. The molecule has 2 aromatic heterocycles. The molecule has 0 spiro atoms. The predicted molar refractivity (Wildman–Crippen MR) is 103 cm³/mol. The van der Waals surface area contributed by atoms with E-state index in [-0.39, 0.29) is 23.7 Å². The van der Waals surface area contributed by atoms with E-state index < -0.39 is 15.8 Å². The zero-order valence-electron chi connectivity index (χ0n) is 15.6. The van der Waals surface area contributed by atoms with Crippen LogP contribution in [0.1, 0.15) is 0 Å². The lowest BCUT2D eigenvalue weighted by Crippen LogP contribution is -2.49. The summed E-state index contributed by atoms with van der Waals surface area (Å²) in [5, 5.41) is 12.5. The molecule has 0 bridgehead atoms. The molecule has 0 atom stereocenters. The van der Waals surface area contributed by atoms with Gasteiger partial charge in [0.05, 0.1) is 12.0 Å². The van der Waals surface area contributed by atoms with Gasteiger partial charge in [-0.15, -0.1) is 10.2 Å². The van der Waals surface area contributed by atoms with Crippen molar-refractivity contribution in [3.8, 4) is 11.6 Å². The number of aromatic nitrogens is 4. The first-order valence-electron chi connectivity index (χ1n) is 8.91. The molecule has 9 nitrogen and oxygen atoms in total. The fraction of sp³-hybridized carbons (Fsp3) is 0.278. The molecule has 1 aromatic carbocycles. The van der Waals surface area contributed by atoms with E-state index >= 15 is 0 Å². The van der Waals surface area contributed by atoms with Crippen molar-refractivity contribution >= 4 is 15.8 Å². The highest BCUT2D eigenvalue weighted by Gasteiger charge is 2.29. The molecule has 0 saturated carbocycles. The van der Waals surface area contributed by atoms with Gasteiger partial charge in [-0.05, 0) is 36.4 Å². The minimum Gasteiger partial charge on any atom is -0.494 e. The van der Waals surface area contributed by atoms with E-state index in [0.29, 0.717) is 24.7 Å². The topological polar surface area (TPSA) is 93.5 Å². The lowest BCUT2D eigenvalue weighted by molar-refractivity contribution is 0.379. The Morgan fingerprint density at radius 3 is 2.34 bits per heavy atom. The van der Waals surface area contributed by atoms with Crippen molar-refractivity contribution in [3.63, 3.8) is 0 Å². The highest BCUT2D eigenvalue weighted by molar-refractivity contribution is 7.89. The molecule has 4 rings (SSSR count). The molecule has 0 N–H and O–H groups in total. The summed E-state index contributed by atoms with van der Waals surface area (Å²) in [7, 11) is -2.46. The third kappa shape index (κ3) is 3.78. The number of benzene rings is 1. The smallest absolute Gasteiger partial charge is 0.243 e. The summed E-state index contributed by atoms with van der Waals surface area (Å²) in [5.74, 6) is 0.556. The van der Waals surface area contributed by atoms with Gasteiger partial charge >= 0.3 is 0 Å². The molecule has 1 aliphatic rings. The highest BCUT2D eigenvalue weighted by atomic mass is 32.2. The molecule has 0 aliphatic carbocycles. The van der Waals surface area contributed by atoms with E-state index in [9.17, 15) is 12.8 Å². The van der Waals surface area contributed by atoms with Crippen LogP contribution in [0.2, 0.25) is 0 Å². The third-order valence-corrected chi connectivity index (χ3v) is 6.59. The van der Waals surface area contributed by atoms with Crippen LogP contribution in [-0.2, 0) is 10.0 Å². The second kappa shape index (κ2) is 7.76. The number of halogens is 1. The Morgan fingerprint density at radius 1 is 1.03 bits per heavy atom. The van der Waals surface area contributed by atoms with Crippen LogP contribution in [0.4, 0.5) is 10.2 Å². The highest BCUT2D eigenvalue weighted by Crippen LogP contribution is 2.24. The third-order valence-electron chi connectivity index (χ3n) is 4.70. The number of piperazine rings is 1. The number of anilines is 1. The Labute approximate surface area is 167 Å². The van der Waals surface area contributed by atoms with Crippen molar-refractivity contribution in [1.29, 1.82) is 0 Å². The van der Waals surface area contributed by atoms with Crippen molar-refractivity contribution in [2.45, 2.75) is 4.90 Å². The van der Waals surface area contributed by atoms with Crippen LogP contribution in [0.5, 0.6) is 5.75 Å². The molecular formula is C18H19FN6O3S.